The number of aromatic nitrogens is 1. The summed E-state index contributed by atoms with van der Waals surface area (Å²) in [5.74, 6) is -1.60. The number of hydrogen-bond donors (Lipinski definition) is 3. The number of nitrogens with zero attached hydrogens (tertiary/aromatic N) is 2. The standard InChI is InChI=1S/C38H48N4O5S/c1-6-27(7-2)42(31(43)17-18-37(3,4)36(46)47)23-24-11-10-12-25(21-24)33(44)41-35-32(28-13-8-9-14-29(28)48-35)34(45)40-26-15-16-30(39-22-26)38(5)19-20-38/h10-12,15-16,21-22,27H,6-9,13-14,17-20,23H2,1-5H3,(H,40,45)(H,41,44)(H,46,47). The minimum Gasteiger partial charge on any atom is -0.481 e. The first-order valence-corrected chi connectivity index (χ1v) is 18.0. The maximum absolute atomic E-state index is 13.7. The summed E-state index contributed by atoms with van der Waals surface area (Å²) in [5.41, 5.74) is 3.57. The average Bonchev–Trinajstić information content (AvgIpc) is 3.72. The molecule has 48 heavy (non-hydrogen) atoms. The van der Waals surface area contributed by atoms with E-state index in [4.69, 9.17) is 0 Å². The Morgan fingerprint density at radius 1 is 1.02 bits per heavy atom. The summed E-state index contributed by atoms with van der Waals surface area (Å²) in [7, 11) is 0. The zero-order valence-electron chi connectivity index (χ0n) is 28.8. The number of aryl methyl sites for hydroxylation is 1. The fourth-order valence-corrected chi connectivity index (χ4v) is 7.64. The minimum absolute atomic E-state index is 0.00960. The Bertz CT molecular complexity index is 1670. The number of anilines is 2. The fraction of sp³-hybridized carbons (Fsp3) is 0.500. The van der Waals surface area contributed by atoms with Crippen LogP contribution in [0, 0.1) is 5.41 Å². The lowest BCUT2D eigenvalue weighted by molar-refractivity contribution is -0.148. The van der Waals surface area contributed by atoms with E-state index in [1.165, 1.54) is 11.3 Å². The maximum atomic E-state index is 13.7. The highest BCUT2D eigenvalue weighted by molar-refractivity contribution is 7.17. The molecule has 1 saturated carbocycles. The van der Waals surface area contributed by atoms with Crippen molar-refractivity contribution in [1.29, 1.82) is 0 Å². The van der Waals surface area contributed by atoms with E-state index in [-0.39, 0.29) is 42.0 Å². The number of aliphatic carboxylic acids is 1. The van der Waals surface area contributed by atoms with Crippen molar-refractivity contribution in [3.8, 4) is 0 Å². The van der Waals surface area contributed by atoms with Crippen molar-refractivity contribution >= 4 is 45.7 Å². The molecule has 0 saturated heterocycles. The Balaban J connectivity index is 1.33. The fourth-order valence-electron chi connectivity index (χ4n) is 6.36. The van der Waals surface area contributed by atoms with E-state index in [1.807, 2.05) is 36.9 Å². The number of fused-ring (bicyclic) bond motifs is 1. The van der Waals surface area contributed by atoms with Crippen LogP contribution in [0.5, 0.6) is 0 Å². The Hall–Kier alpha value is -4.05. The lowest BCUT2D eigenvalue weighted by atomic mass is 9.87. The van der Waals surface area contributed by atoms with E-state index in [0.29, 0.717) is 28.4 Å². The number of nitrogens with one attached hydrogen (secondary N) is 2. The highest BCUT2D eigenvalue weighted by Gasteiger charge is 2.40. The minimum atomic E-state index is -1.000. The van der Waals surface area contributed by atoms with Crippen LogP contribution in [-0.2, 0) is 34.4 Å². The van der Waals surface area contributed by atoms with Crippen LogP contribution in [0.2, 0.25) is 0 Å². The molecule has 9 nitrogen and oxygen atoms in total. The zero-order chi connectivity index (χ0) is 34.6. The van der Waals surface area contributed by atoms with Gasteiger partial charge in [0.2, 0.25) is 5.91 Å². The number of carboxylic acid groups (broad SMARTS) is 1. The van der Waals surface area contributed by atoms with Crippen molar-refractivity contribution in [2.45, 2.75) is 117 Å². The first-order valence-electron chi connectivity index (χ1n) is 17.2. The van der Waals surface area contributed by atoms with Gasteiger partial charge < -0.3 is 20.6 Å². The summed E-state index contributed by atoms with van der Waals surface area (Å²) >= 11 is 1.47. The summed E-state index contributed by atoms with van der Waals surface area (Å²) in [6.07, 6.45) is 9.56. The van der Waals surface area contributed by atoms with Crippen LogP contribution < -0.4 is 10.6 Å². The van der Waals surface area contributed by atoms with E-state index in [9.17, 15) is 24.3 Å². The predicted octanol–water partition coefficient (Wildman–Crippen LogP) is 7.99. The molecule has 0 spiro atoms. The molecule has 3 N–H and O–H groups in total. The summed E-state index contributed by atoms with van der Waals surface area (Å²) < 4.78 is 0. The predicted molar refractivity (Wildman–Crippen MR) is 190 cm³/mol. The van der Waals surface area contributed by atoms with Crippen LogP contribution in [0.15, 0.2) is 42.6 Å². The van der Waals surface area contributed by atoms with E-state index >= 15 is 0 Å². The molecule has 256 valence electrons. The molecule has 0 bridgehead atoms. The van der Waals surface area contributed by atoms with Crippen molar-refractivity contribution < 1.29 is 24.3 Å². The van der Waals surface area contributed by atoms with Crippen LogP contribution in [0.3, 0.4) is 0 Å². The first kappa shape index (κ1) is 35.3. The SMILES string of the molecule is CCC(CC)N(Cc1cccc(C(=O)Nc2sc3c(c2C(=O)Nc2ccc(C4(C)CC4)nc2)CCCC3)c1)C(=O)CCC(C)(C)C(=O)O. The monoisotopic (exact) mass is 672 g/mol. The van der Waals surface area contributed by atoms with E-state index < -0.39 is 11.4 Å². The molecule has 0 aliphatic heterocycles. The Kier molecular flexibility index (Phi) is 10.7. The van der Waals surface area contributed by atoms with Gasteiger partial charge in [0, 0.05) is 40.6 Å². The summed E-state index contributed by atoms with van der Waals surface area (Å²) in [5, 5.41) is 16.1. The smallest absolute Gasteiger partial charge is 0.309 e. The second kappa shape index (κ2) is 14.6. The largest absolute Gasteiger partial charge is 0.481 e. The average molecular weight is 673 g/mol. The molecular formula is C38H48N4O5S. The third-order valence-corrected chi connectivity index (χ3v) is 11.3. The van der Waals surface area contributed by atoms with Crippen molar-refractivity contribution in [2.24, 2.45) is 5.41 Å². The second-order valence-corrected chi connectivity index (χ2v) is 15.3. The van der Waals surface area contributed by atoms with E-state index in [0.717, 1.165) is 73.1 Å². The summed E-state index contributed by atoms with van der Waals surface area (Å²) in [6.45, 7) is 9.85. The van der Waals surface area contributed by atoms with Crippen LogP contribution in [-0.4, -0.2) is 44.7 Å². The number of rotatable bonds is 14. The van der Waals surface area contributed by atoms with Crippen LogP contribution in [0.25, 0.3) is 0 Å². The van der Waals surface area contributed by atoms with Gasteiger partial charge in [-0.15, -0.1) is 11.3 Å². The molecule has 3 aromatic rings. The molecule has 0 unspecified atom stereocenters. The van der Waals surface area contributed by atoms with Gasteiger partial charge in [0.05, 0.1) is 22.9 Å². The Labute approximate surface area is 287 Å². The van der Waals surface area contributed by atoms with Crippen LogP contribution in [0.1, 0.15) is 128 Å². The van der Waals surface area contributed by atoms with Crippen molar-refractivity contribution in [3.63, 3.8) is 0 Å². The molecule has 1 fully saturated rings. The van der Waals surface area contributed by atoms with Gasteiger partial charge in [-0.3, -0.25) is 24.2 Å². The van der Waals surface area contributed by atoms with Gasteiger partial charge in [0.1, 0.15) is 5.00 Å². The number of carbonyl (C=O) groups is 4. The van der Waals surface area contributed by atoms with E-state index in [2.05, 4.69) is 22.5 Å². The number of thiophene rings is 1. The number of carboxylic acids is 1. The molecule has 0 radical (unpaired) electrons. The lowest BCUT2D eigenvalue weighted by Crippen LogP contribution is -2.40. The molecule has 3 amide bonds. The molecule has 2 aliphatic rings. The number of pyridine rings is 1. The quantitative estimate of drug-likeness (QED) is 0.159. The Morgan fingerprint density at radius 2 is 1.75 bits per heavy atom. The van der Waals surface area contributed by atoms with Crippen LogP contribution >= 0.6 is 11.3 Å². The number of carbonyl (C=O) groups excluding carboxylic acids is 3. The van der Waals surface area contributed by atoms with Gasteiger partial charge in [-0.1, -0.05) is 32.9 Å². The van der Waals surface area contributed by atoms with E-state index in [1.54, 1.807) is 38.2 Å². The van der Waals surface area contributed by atoms with Gasteiger partial charge >= 0.3 is 5.97 Å². The molecule has 5 rings (SSSR count). The molecular weight excluding hydrogens is 625 g/mol. The topological polar surface area (TPSA) is 129 Å². The van der Waals surface area contributed by atoms with Crippen molar-refractivity contribution in [3.05, 3.63) is 75.4 Å². The van der Waals surface area contributed by atoms with Gasteiger partial charge in [0.15, 0.2) is 0 Å². The molecule has 1 aromatic carbocycles. The number of amides is 3. The number of hydrogen-bond acceptors (Lipinski definition) is 6. The molecule has 2 heterocycles. The highest BCUT2D eigenvalue weighted by atomic mass is 32.1. The Morgan fingerprint density at radius 3 is 2.40 bits per heavy atom. The van der Waals surface area contributed by atoms with Gasteiger partial charge in [-0.05, 0) is 107 Å². The normalized spacial score (nSPS) is 15.0. The van der Waals surface area contributed by atoms with Gasteiger partial charge in [-0.2, -0.15) is 0 Å². The zero-order valence-corrected chi connectivity index (χ0v) is 29.6. The number of benzene rings is 1. The maximum Gasteiger partial charge on any atom is 0.309 e. The summed E-state index contributed by atoms with van der Waals surface area (Å²) in [6, 6.07) is 11.1. The first-order chi connectivity index (χ1) is 22.8. The van der Waals surface area contributed by atoms with Gasteiger partial charge in [-0.25, -0.2) is 0 Å². The van der Waals surface area contributed by atoms with Crippen molar-refractivity contribution in [1.82, 2.24) is 9.88 Å². The van der Waals surface area contributed by atoms with Crippen molar-refractivity contribution in [2.75, 3.05) is 10.6 Å². The lowest BCUT2D eigenvalue weighted by Gasteiger charge is -2.32. The molecule has 0 atom stereocenters. The third-order valence-electron chi connectivity index (χ3n) is 10.1. The van der Waals surface area contributed by atoms with Crippen LogP contribution in [0.4, 0.5) is 10.7 Å². The third kappa shape index (κ3) is 7.97. The molecule has 2 aromatic heterocycles. The highest BCUT2D eigenvalue weighted by Crippen LogP contribution is 2.46. The molecule has 10 heteroatoms. The second-order valence-electron chi connectivity index (χ2n) is 14.2. The molecule has 2 aliphatic carbocycles. The van der Waals surface area contributed by atoms with Gasteiger partial charge in [0.25, 0.3) is 11.8 Å². The summed E-state index contributed by atoms with van der Waals surface area (Å²) in [4.78, 5) is 60.1.